The summed E-state index contributed by atoms with van der Waals surface area (Å²) < 4.78 is 31.8. The molecule has 2 aromatic carbocycles. The lowest BCUT2D eigenvalue weighted by atomic mass is 9.88. The topological polar surface area (TPSA) is 29.5 Å². The summed E-state index contributed by atoms with van der Waals surface area (Å²) in [6, 6.07) is 9.54. The third-order valence-electron chi connectivity index (χ3n) is 3.11. The van der Waals surface area contributed by atoms with Crippen LogP contribution in [-0.2, 0) is 5.60 Å². The maximum absolute atomic E-state index is 14.0. The van der Waals surface area contributed by atoms with Crippen LogP contribution >= 0.6 is 0 Å². The zero-order valence-corrected chi connectivity index (χ0v) is 10.7. The van der Waals surface area contributed by atoms with Gasteiger partial charge in [-0.05, 0) is 36.8 Å². The van der Waals surface area contributed by atoms with E-state index >= 15 is 0 Å². The average molecular weight is 264 g/mol. The predicted molar refractivity (Wildman–Crippen MR) is 68.0 cm³/mol. The Balaban J connectivity index is 2.46. The van der Waals surface area contributed by atoms with Crippen molar-refractivity contribution in [2.45, 2.75) is 12.5 Å². The molecule has 1 N–H and O–H groups in total. The first kappa shape index (κ1) is 13.5. The zero-order valence-electron chi connectivity index (χ0n) is 10.7. The van der Waals surface area contributed by atoms with E-state index in [1.807, 2.05) is 0 Å². The van der Waals surface area contributed by atoms with E-state index in [9.17, 15) is 13.9 Å². The molecule has 0 spiro atoms. The van der Waals surface area contributed by atoms with Crippen molar-refractivity contribution >= 4 is 0 Å². The second kappa shape index (κ2) is 4.97. The molecule has 1 unspecified atom stereocenters. The highest BCUT2D eigenvalue weighted by molar-refractivity contribution is 5.39. The molecule has 2 aromatic rings. The number of hydrogen-bond donors (Lipinski definition) is 1. The maximum atomic E-state index is 14.0. The lowest BCUT2D eigenvalue weighted by molar-refractivity contribution is 0.0978. The molecule has 0 saturated heterocycles. The predicted octanol–water partition coefficient (Wildman–Crippen LogP) is 3.23. The molecule has 4 heteroatoms. The Morgan fingerprint density at radius 3 is 2.21 bits per heavy atom. The first-order valence-electron chi connectivity index (χ1n) is 5.77. The van der Waals surface area contributed by atoms with Gasteiger partial charge >= 0.3 is 0 Å². The third-order valence-corrected chi connectivity index (χ3v) is 3.11. The van der Waals surface area contributed by atoms with Crippen LogP contribution in [0.15, 0.2) is 42.5 Å². The summed E-state index contributed by atoms with van der Waals surface area (Å²) >= 11 is 0. The van der Waals surface area contributed by atoms with E-state index in [2.05, 4.69) is 0 Å². The number of benzene rings is 2. The minimum absolute atomic E-state index is 0.111. The SMILES string of the molecule is COc1ccc(C(C)(O)c2ccc(F)cc2)c(F)c1. The van der Waals surface area contributed by atoms with Crippen LogP contribution in [0.5, 0.6) is 5.75 Å². The molecule has 1 atom stereocenters. The van der Waals surface area contributed by atoms with Crippen LogP contribution in [0.4, 0.5) is 8.78 Å². The molecular weight excluding hydrogens is 250 g/mol. The quantitative estimate of drug-likeness (QED) is 0.922. The van der Waals surface area contributed by atoms with Gasteiger partial charge in [-0.3, -0.25) is 0 Å². The van der Waals surface area contributed by atoms with E-state index in [-0.39, 0.29) is 5.56 Å². The number of rotatable bonds is 3. The molecule has 100 valence electrons. The van der Waals surface area contributed by atoms with Crippen molar-refractivity contribution in [3.63, 3.8) is 0 Å². The Morgan fingerprint density at radius 1 is 1.05 bits per heavy atom. The van der Waals surface area contributed by atoms with E-state index in [0.717, 1.165) is 0 Å². The summed E-state index contributed by atoms with van der Waals surface area (Å²) in [4.78, 5) is 0. The van der Waals surface area contributed by atoms with Crippen molar-refractivity contribution in [2.75, 3.05) is 7.11 Å². The van der Waals surface area contributed by atoms with E-state index < -0.39 is 17.2 Å². The van der Waals surface area contributed by atoms with Crippen LogP contribution in [0.2, 0.25) is 0 Å². The Morgan fingerprint density at radius 2 is 1.68 bits per heavy atom. The number of aliphatic hydroxyl groups is 1. The fourth-order valence-corrected chi connectivity index (χ4v) is 1.95. The standard InChI is InChI=1S/C15H14F2O2/c1-15(18,10-3-5-11(16)6-4-10)13-8-7-12(19-2)9-14(13)17/h3-9,18H,1-2H3. The molecule has 0 bridgehead atoms. The lowest BCUT2D eigenvalue weighted by Crippen LogP contribution is -2.24. The van der Waals surface area contributed by atoms with Gasteiger partial charge in [0.1, 0.15) is 23.0 Å². The normalized spacial score (nSPS) is 13.9. The average Bonchev–Trinajstić information content (AvgIpc) is 2.38. The molecule has 0 aromatic heterocycles. The molecule has 0 heterocycles. The molecule has 19 heavy (non-hydrogen) atoms. The Kier molecular flexibility index (Phi) is 3.53. The van der Waals surface area contributed by atoms with Gasteiger partial charge in [0.25, 0.3) is 0 Å². The number of hydrogen-bond acceptors (Lipinski definition) is 2. The van der Waals surface area contributed by atoms with Gasteiger partial charge in [0.05, 0.1) is 7.11 Å². The van der Waals surface area contributed by atoms with Crippen LogP contribution in [0.25, 0.3) is 0 Å². The summed E-state index contributed by atoms with van der Waals surface area (Å²) in [6.45, 7) is 1.46. The van der Waals surface area contributed by atoms with E-state index in [4.69, 9.17) is 4.74 Å². The van der Waals surface area contributed by atoms with Gasteiger partial charge in [-0.15, -0.1) is 0 Å². The lowest BCUT2D eigenvalue weighted by Gasteiger charge is -2.25. The highest BCUT2D eigenvalue weighted by Crippen LogP contribution is 2.32. The van der Waals surface area contributed by atoms with Crippen molar-refractivity contribution in [2.24, 2.45) is 0 Å². The highest BCUT2D eigenvalue weighted by atomic mass is 19.1. The highest BCUT2D eigenvalue weighted by Gasteiger charge is 2.29. The molecule has 2 nitrogen and oxygen atoms in total. The van der Waals surface area contributed by atoms with Crippen LogP contribution in [0.3, 0.4) is 0 Å². The van der Waals surface area contributed by atoms with E-state index in [0.29, 0.717) is 11.3 Å². The number of methoxy groups -OCH3 is 1. The molecule has 0 aliphatic rings. The molecule has 2 rings (SSSR count). The van der Waals surface area contributed by atoms with Crippen LogP contribution in [-0.4, -0.2) is 12.2 Å². The third kappa shape index (κ3) is 2.58. The first-order valence-corrected chi connectivity index (χ1v) is 5.77. The van der Waals surface area contributed by atoms with Gasteiger partial charge < -0.3 is 9.84 Å². The Labute approximate surface area is 110 Å². The minimum Gasteiger partial charge on any atom is -0.497 e. The van der Waals surface area contributed by atoms with Gasteiger partial charge in [-0.1, -0.05) is 12.1 Å². The van der Waals surface area contributed by atoms with Crippen LogP contribution in [0, 0.1) is 11.6 Å². The van der Waals surface area contributed by atoms with E-state index in [1.165, 1.54) is 50.4 Å². The maximum Gasteiger partial charge on any atom is 0.133 e. The second-order valence-corrected chi connectivity index (χ2v) is 4.42. The molecule has 0 amide bonds. The van der Waals surface area contributed by atoms with Gasteiger partial charge in [0.2, 0.25) is 0 Å². The molecule has 0 aliphatic carbocycles. The zero-order chi connectivity index (χ0) is 14.0. The molecular formula is C15H14F2O2. The second-order valence-electron chi connectivity index (χ2n) is 4.42. The van der Waals surface area contributed by atoms with Crippen molar-refractivity contribution in [1.29, 1.82) is 0 Å². The molecule has 0 aliphatic heterocycles. The summed E-state index contributed by atoms with van der Waals surface area (Å²) in [5.41, 5.74) is -1.01. The van der Waals surface area contributed by atoms with Gasteiger partial charge in [0, 0.05) is 11.6 Å². The number of ether oxygens (including phenoxy) is 1. The van der Waals surface area contributed by atoms with Crippen molar-refractivity contribution in [1.82, 2.24) is 0 Å². The van der Waals surface area contributed by atoms with Gasteiger partial charge in [0.15, 0.2) is 0 Å². The summed E-state index contributed by atoms with van der Waals surface area (Å²) in [5, 5.41) is 10.5. The van der Waals surface area contributed by atoms with Crippen molar-refractivity contribution < 1.29 is 18.6 Å². The van der Waals surface area contributed by atoms with Gasteiger partial charge in [-0.25, -0.2) is 8.78 Å². The number of halogens is 2. The minimum atomic E-state index is -1.54. The monoisotopic (exact) mass is 264 g/mol. The fraction of sp³-hybridized carbons (Fsp3) is 0.200. The Hall–Kier alpha value is -1.94. The van der Waals surface area contributed by atoms with Crippen LogP contribution < -0.4 is 4.74 Å². The summed E-state index contributed by atoms with van der Waals surface area (Å²) in [7, 11) is 1.44. The smallest absolute Gasteiger partial charge is 0.133 e. The van der Waals surface area contributed by atoms with Crippen LogP contribution in [0.1, 0.15) is 18.1 Å². The fourth-order valence-electron chi connectivity index (χ4n) is 1.95. The largest absolute Gasteiger partial charge is 0.497 e. The van der Waals surface area contributed by atoms with Gasteiger partial charge in [-0.2, -0.15) is 0 Å². The summed E-state index contributed by atoms with van der Waals surface area (Å²) in [6.07, 6.45) is 0. The van der Waals surface area contributed by atoms with Crippen molar-refractivity contribution in [3.05, 3.63) is 65.2 Å². The summed E-state index contributed by atoms with van der Waals surface area (Å²) in [5.74, 6) is -0.611. The molecule has 0 saturated carbocycles. The Bertz CT molecular complexity index is 577. The van der Waals surface area contributed by atoms with E-state index in [1.54, 1.807) is 6.07 Å². The first-order chi connectivity index (χ1) is 8.95. The molecule has 0 radical (unpaired) electrons. The molecule has 0 fully saturated rings. The van der Waals surface area contributed by atoms with Crippen molar-refractivity contribution in [3.8, 4) is 5.75 Å².